The molecule has 0 saturated carbocycles. The van der Waals surface area contributed by atoms with E-state index in [4.69, 9.17) is 0 Å². The minimum absolute atomic E-state index is 0.123. The normalized spacial score (nSPS) is 19.7. The second-order valence-corrected chi connectivity index (χ2v) is 8.99. The summed E-state index contributed by atoms with van der Waals surface area (Å²) >= 11 is 0. The second-order valence-electron chi connectivity index (χ2n) is 7.11. The molecule has 7 nitrogen and oxygen atoms in total. The van der Waals surface area contributed by atoms with Crippen LogP contribution in [0.4, 0.5) is 0 Å². The Bertz CT molecular complexity index is 866. The molecular weight excluding hydrogens is 338 g/mol. The smallest absolute Gasteiger partial charge is 0.246 e. The molecule has 1 aliphatic heterocycles. The molecule has 2 aromatic heterocycles. The van der Waals surface area contributed by atoms with Crippen molar-refractivity contribution in [3.8, 4) is 0 Å². The summed E-state index contributed by atoms with van der Waals surface area (Å²) in [6.45, 7) is 8.82. The summed E-state index contributed by atoms with van der Waals surface area (Å²) in [5.41, 5.74) is 1.24. The summed E-state index contributed by atoms with van der Waals surface area (Å²) in [5.74, 6) is 1.10. The molecule has 0 radical (unpaired) electrons. The Labute approximate surface area is 149 Å². The van der Waals surface area contributed by atoms with Crippen LogP contribution in [0.1, 0.15) is 55.9 Å². The number of hydrogen-bond donors (Lipinski definition) is 0. The first kappa shape index (κ1) is 18.1. The van der Waals surface area contributed by atoms with Crippen molar-refractivity contribution in [2.75, 3.05) is 13.1 Å². The van der Waals surface area contributed by atoms with Crippen molar-refractivity contribution in [3.05, 3.63) is 29.6 Å². The number of nitrogens with zero attached hydrogens (tertiary/aromatic N) is 5. The van der Waals surface area contributed by atoms with E-state index in [0.29, 0.717) is 35.4 Å². The molecule has 0 bridgehead atoms. The summed E-state index contributed by atoms with van der Waals surface area (Å²) in [6.07, 6.45) is 5.58. The van der Waals surface area contributed by atoms with Crippen LogP contribution >= 0.6 is 0 Å². The maximum Gasteiger partial charge on any atom is 0.246 e. The van der Waals surface area contributed by atoms with E-state index in [0.717, 1.165) is 18.7 Å². The fraction of sp³-hybridized carbons (Fsp3) is 0.647. The minimum atomic E-state index is -3.55. The first-order valence-corrected chi connectivity index (χ1v) is 10.2. The van der Waals surface area contributed by atoms with Gasteiger partial charge in [0.05, 0.1) is 11.4 Å². The molecule has 0 aliphatic carbocycles. The number of aromatic nitrogens is 4. The molecule has 1 aliphatic rings. The first-order valence-electron chi connectivity index (χ1n) is 8.76. The summed E-state index contributed by atoms with van der Waals surface area (Å²) in [5, 5.41) is 4.27. The van der Waals surface area contributed by atoms with Crippen molar-refractivity contribution in [2.45, 2.75) is 57.4 Å². The van der Waals surface area contributed by atoms with Crippen LogP contribution in [0, 0.1) is 13.8 Å². The van der Waals surface area contributed by atoms with Gasteiger partial charge in [-0.1, -0.05) is 0 Å². The maximum atomic E-state index is 13.2. The van der Waals surface area contributed by atoms with Gasteiger partial charge in [-0.3, -0.25) is 4.68 Å². The van der Waals surface area contributed by atoms with Gasteiger partial charge in [-0.15, -0.1) is 0 Å². The van der Waals surface area contributed by atoms with Gasteiger partial charge in [-0.05, 0) is 40.5 Å². The molecule has 0 unspecified atom stereocenters. The molecule has 0 amide bonds. The summed E-state index contributed by atoms with van der Waals surface area (Å²) in [4.78, 5) is 4.86. The molecule has 3 rings (SSSR count). The Hall–Kier alpha value is -1.67. The number of sulfonamides is 1. The van der Waals surface area contributed by atoms with E-state index in [9.17, 15) is 8.42 Å². The van der Waals surface area contributed by atoms with E-state index in [1.807, 2.05) is 6.20 Å². The highest BCUT2D eigenvalue weighted by molar-refractivity contribution is 7.89. The van der Waals surface area contributed by atoms with E-state index in [1.54, 1.807) is 36.1 Å². The predicted molar refractivity (Wildman–Crippen MR) is 96.0 cm³/mol. The third-order valence-corrected chi connectivity index (χ3v) is 7.16. The number of imidazole rings is 1. The van der Waals surface area contributed by atoms with Crippen LogP contribution in [0.15, 0.2) is 17.3 Å². The molecule has 25 heavy (non-hydrogen) atoms. The molecule has 0 aromatic carbocycles. The van der Waals surface area contributed by atoms with Crippen LogP contribution in [0.25, 0.3) is 0 Å². The zero-order valence-corrected chi connectivity index (χ0v) is 16.4. The Kier molecular flexibility index (Phi) is 4.76. The van der Waals surface area contributed by atoms with Crippen LogP contribution in [0.5, 0.6) is 0 Å². The molecule has 3 heterocycles. The average Bonchev–Trinajstić information content (AvgIpc) is 3.13. The van der Waals surface area contributed by atoms with Crippen molar-refractivity contribution >= 4 is 10.0 Å². The highest BCUT2D eigenvalue weighted by Crippen LogP contribution is 2.32. The van der Waals surface area contributed by atoms with Gasteiger partial charge < -0.3 is 4.57 Å². The highest BCUT2D eigenvalue weighted by atomic mass is 32.2. The van der Waals surface area contributed by atoms with Crippen LogP contribution in [-0.2, 0) is 17.1 Å². The Morgan fingerprint density at radius 1 is 1.28 bits per heavy atom. The topological polar surface area (TPSA) is 73.0 Å². The second kappa shape index (κ2) is 6.57. The lowest BCUT2D eigenvalue weighted by Crippen LogP contribution is -2.40. The fourth-order valence-corrected chi connectivity index (χ4v) is 5.63. The lowest BCUT2D eigenvalue weighted by atomic mass is 9.98. The number of hydrogen-bond acceptors (Lipinski definition) is 4. The zero-order chi connectivity index (χ0) is 18.4. The van der Waals surface area contributed by atoms with Crippen LogP contribution < -0.4 is 0 Å². The fourth-order valence-electron chi connectivity index (χ4n) is 3.71. The van der Waals surface area contributed by atoms with Gasteiger partial charge in [0.1, 0.15) is 10.7 Å². The third-order valence-electron chi connectivity index (χ3n) is 5.04. The van der Waals surface area contributed by atoms with E-state index in [2.05, 4.69) is 28.5 Å². The average molecular weight is 366 g/mol. The summed E-state index contributed by atoms with van der Waals surface area (Å²) in [7, 11) is -1.77. The van der Waals surface area contributed by atoms with Gasteiger partial charge in [-0.2, -0.15) is 9.40 Å². The molecule has 1 saturated heterocycles. The molecule has 8 heteroatoms. The largest absolute Gasteiger partial charge is 0.332 e. The first-order chi connectivity index (χ1) is 11.7. The van der Waals surface area contributed by atoms with Gasteiger partial charge in [0, 0.05) is 44.5 Å². The van der Waals surface area contributed by atoms with E-state index in [1.165, 1.54) is 0 Å². The van der Waals surface area contributed by atoms with Crippen molar-refractivity contribution in [1.29, 1.82) is 0 Å². The van der Waals surface area contributed by atoms with Crippen molar-refractivity contribution in [3.63, 3.8) is 0 Å². The Morgan fingerprint density at radius 2 is 2.00 bits per heavy atom. The SMILES string of the molecule is Cc1nn(C)c(C)c1S(=O)(=O)N1CCC[C@H](c2nccn2C(C)C)C1. The molecule has 1 fully saturated rings. The van der Waals surface area contributed by atoms with Crippen LogP contribution in [-0.4, -0.2) is 45.1 Å². The molecular formula is C17H27N5O2S. The monoisotopic (exact) mass is 365 g/mol. The lowest BCUT2D eigenvalue weighted by Gasteiger charge is -2.32. The van der Waals surface area contributed by atoms with E-state index < -0.39 is 10.0 Å². The van der Waals surface area contributed by atoms with Gasteiger partial charge in [0.15, 0.2) is 0 Å². The highest BCUT2D eigenvalue weighted by Gasteiger charge is 2.35. The quantitative estimate of drug-likeness (QED) is 0.834. The van der Waals surface area contributed by atoms with Gasteiger partial charge in [0.2, 0.25) is 10.0 Å². The third kappa shape index (κ3) is 3.13. The van der Waals surface area contributed by atoms with Crippen molar-refractivity contribution in [2.24, 2.45) is 7.05 Å². The van der Waals surface area contributed by atoms with Gasteiger partial charge >= 0.3 is 0 Å². The molecule has 1 atom stereocenters. The van der Waals surface area contributed by atoms with Crippen LogP contribution in [0.2, 0.25) is 0 Å². The molecule has 138 valence electrons. The van der Waals surface area contributed by atoms with Crippen molar-refractivity contribution < 1.29 is 8.42 Å². The summed E-state index contributed by atoms with van der Waals surface area (Å²) in [6, 6.07) is 0.312. The van der Waals surface area contributed by atoms with E-state index in [-0.39, 0.29) is 5.92 Å². The standard InChI is InChI=1S/C17H27N5O2S/c1-12(2)22-10-8-18-17(22)15-7-6-9-21(11-15)25(23,24)16-13(3)19-20(5)14(16)4/h8,10,12,15H,6-7,9,11H2,1-5H3/t15-/m0/s1. The number of aryl methyl sites for hydroxylation is 2. The van der Waals surface area contributed by atoms with Gasteiger partial charge in [0.25, 0.3) is 0 Å². The van der Waals surface area contributed by atoms with Crippen molar-refractivity contribution in [1.82, 2.24) is 23.6 Å². The van der Waals surface area contributed by atoms with E-state index >= 15 is 0 Å². The predicted octanol–water partition coefficient (Wildman–Crippen LogP) is 2.38. The zero-order valence-electron chi connectivity index (χ0n) is 15.6. The Balaban J connectivity index is 1.92. The maximum absolute atomic E-state index is 13.2. The number of rotatable bonds is 4. The molecule has 2 aromatic rings. The Morgan fingerprint density at radius 3 is 2.60 bits per heavy atom. The molecule has 0 spiro atoms. The minimum Gasteiger partial charge on any atom is -0.332 e. The van der Waals surface area contributed by atoms with Gasteiger partial charge in [-0.25, -0.2) is 13.4 Å². The number of piperidine rings is 1. The summed E-state index contributed by atoms with van der Waals surface area (Å²) < 4.78 is 31.8. The lowest BCUT2D eigenvalue weighted by molar-refractivity contribution is 0.302. The molecule has 0 N–H and O–H groups in total. The van der Waals surface area contributed by atoms with Crippen LogP contribution in [0.3, 0.4) is 0 Å².